The van der Waals surface area contributed by atoms with E-state index < -0.39 is 11.9 Å². The molecular formula is C17H13NO4. The van der Waals surface area contributed by atoms with Gasteiger partial charge in [-0.2, -0.15) is 0 Å². The van der Waals surface area contributed by atoms with Crippen molar-refractivity contribution >= 4 is 22.8 Å². The normalized spacial score (nSPS) is 10.5. The van der Waals surface area contributed by atoms with Gasteiger partial charge in [-0.25, -0.2) is 4.79 Å². The summed E-state index contributed by atoms with van der Waals surface area (Å²) in [5, 5.41) is 9.60. The first-order valence-corrected chi connectivity index (χ1v) is 6.72. The van der Waals surface area contributed by atoms with Gasteiger partial charge in [0.15, 0.2) is 0 Å². The van der Waals surface area contributed by atoms with Gasteiger partial charge in [-0.05, 0) is 36.4 Å². The van der Waals surface area contributed by atoms with Crippen molar-refractivity contribution in [1.82, 2.24) is 4.98 Å². The average molecular weight is 295 g/mol. The van der Waals surface area contributed by atoms with Crippen molar-refractivity contribution in [2.24, 2.45) is 0 Å². The average Bonchev–Trinajstić information content (AvgIpc) is 2.88. The first-order valence-electron chi connectivity index (χ1n) is 6.72. The molecule has 1 heterocycles. The van der Waals surface area contributed by atoms with E-state index in [0.29, 0.717) is 17.0 Å². The van der Waals surface area contributed by atoms with Gasteiger partial charge >= 0.3 is 11.9 Å². The zero-order chi connectivity index (χ0) is 15.5. The van der Waals surface area contributed by atoms with E-state index in [-0.39, 0.29) is 6.42 Å². The molecule has 0 saturated carbocycles. The van der Waals surface area contributed by atoms with Crippen LogP contribution in [0.5, 0.6) is 5.75 Å². The quantitative estimate of drug-likeness (QED) is 0.573. The molecule has 110 valence electrons. The van der Waals surface area contributed by atoms with Gasteiger partial charge in [0.1, 0.15) is 5.75 Å². The van der Waals surface area contributed by atoms with Crippen LogP contribution in [-0.2, 0) is 11.2 Å². The summed E-state index contributed by atoms with van der Waals surface area (Å²) in [6.07, 6.45) is -0.0756. The van der Waals surface area contributed by atoms with Crippen molar-refractivity contribution < 1.29 is 19.4 Å². The topological polar surface area (TPSA) is 79.4 Å². The van der Waals surface area contributed by atoms with Gasteiger partial charge in [-0.3, -0.25) is 4.79 Å². The van der Waals surface area contributed by atoms with Crippen molar-refractivity contribution in [3.63, 3.8) is 0 Å². The van der Waals surface area contributed by atoms with Gasteiger partial charge < -0.3 is 14.8 Å². The minimum atomic E-state index is -0.901. The number of carbonyl (C=O) groups is 2. The van der Waals surface area contributed by atoms with Gasteiger partial charge in [-0.1, -0.05) is 18.2 Å². The Labute approximate surface area is 126 Å². The Hall–Kier alpha value is -3.08. The summed E-state index contributed by atoms with van der Waals surface area (Å²) < 4.78 is 5.33. The third-order valence-electron chi connectivity index (χ3n) is 3.21. The highest BCUT2D eigenvalue weighted by Crippen LogP contribution is 2.22. The van der Waals surface area contributed by atoms with E-state index in [1.807, 2.05) is 6.07 Å². The molecule has 0 spiro atoms. The number of aliphatic carboxylic acids is 1. The summed E-state index contributed by atoms with van der Waals surface area (Å²) in [4.78, 5) is 25.7. The Morgan fingerprint density at radius 2 is 1.82 bits per heavy atom. The molecule has 0 unspecified atom stereocenters. The van der Waals surface area contributed by atoms with E-state index >= 15 is 0 Å². The number of benzene rings is 2. The number of hydrogen-bond acceptors (Lipinski definition) is 3. The maximum atomic E-state index is 12.0. The second-order valence-corrected chi connectivity index (χ2v) is 4.87. The number of fused-ring (bicyclic) bond motifs is 1. The number of carboxylic acids is 1. The molecule has 22 heavy (non-hydrogen) atoms. The standard InChI is InChI=1S/C17H13NO4/c19-16(20)10-13-8-12-9-14(6-7-15(12)18-13)22-17(21)11-4-2-1-3-5-11/h1-9,18H,10H2,(H,19,20). The third kappa shape index (κ3) is 2.98. The number of aromatic nitrogens is 1. The lowest BCUT2D eigenvalue weighted by Gasteiger charge is -2.04. The smallest absolute Gasteiger partial charge is 0.343 e. The third-order valence-corrected chi connectivity index (χ3v) is 3.21. The number of H-pyrrole nitrogens is 1. The van der Waals surface area contributed by atoms with Crippen LogP contribution in [-0.4, -0.2) is 22.0 Å². The van der Waals surface area contributed by atoms with Gasteiger partial charge in [0.05, 0.1) is 12.0 Å². The number of aromatic amines is 1. The molecule has 0 fully saturated rings. The fraction of sp³-hybridized carbons (Fsp3) is 0.0588. The van der Waals surface area contributed by atoms with E-state index in [0.717, 1.165) is 10.9 Å². The predicted molar refractivity (Wildman–Crippen MR) is 81.0 cm³/mol. The molecule has 0 amide bonds. The van der Waals surface area contributed by atoms with E-state index in [4.69, 9.17) is 9.84 Å². The van der Waals surface area contributed by atoms with Gasteiger partial charge in [0.2, 0.25) is 0 Å². The summed E-state index contributed by atoms with van der Waals surface area (Å²) >= 11 is 0. The Bertz CT molecular complexity index is 836. The molecule has 0 aliphatic heterocycles. The molecule has 0 saturated heterocycles. The summed E-state index contributed by atoms with van der Waals surface area (Å²) in [6.45, 7) is 0. The fourth-order valence-electron chi connectivity index (χ4n) is 2.23. The molecule has 2 aromatic carbocycles. The number of ether oxygens (including phenoxy) is 1. The lowest BCUT2D eigenvalue weighted by atomic mass is 10.2. The molecule has 0 atom stereocenters. The summed E-state index contributed by atoms with van der Waals surface area (Å²) in [5.74, 6) is -0.911. The number of carboxylic acid groups (broad SMARTS) is 1. The monoisotopic (exact) mass is 295 g/mol. The van der Waals surface area contributed by atoms with E-state index in [9.17, 15) is 9.59 Å². The van der Waals surface area contributed by atoms with Crippen LogP contribution in [0.4, 0.5) is 0 Å². The predicted octanol–water partition coefficient (Wildman–Crippen LogP) is 3.01. The van der Waals surface area contributed by atoms with Crippen LogP contribution < -0.4 is 4.74 Å². The first kappa shape index (κ1) is 13.9. The summed E-state index contributed by atoms with van der Waals surface area (Å²) in [6, 6.07) is 15.6. The fourth-order valence-corrected chi connectivity index (χ4v) is 2.23. The highest BCUT2D eigenvalue weighted by molar-refractivity contribution is 5.92. The minimum absolute atomic E-state index is 0.0756. The summed E-state index contributed by atoms with van der Waals surface area (Å²) in [5.41, 5.74) is 1.88. The van der Waals surface area contributed by atoms with Crippen LogP contribution in [0.15, 0.2) is 54.6 Å². The second kappa shape index (κ2) is 5.73. The van der Waals surface area contributed by atoms with Crippen LogP contribution in [0.3, 0.4) is 0 Å². The Balaban J connectivity index is 1.82. The molecule has 0 bridgehead atoms. The Morgan fingerprint density at radius 1 is 1.05 bits per heavy atom. The van der Waals surface area contributed by atoms with Crippen molar-refractivity contribution in [2.45, 2.75) is 6.42 Å². The Kier molecular flexibility index (Phi) is 3.62. The van der Waals surface area contributed by atoms with E-state index in [1.54, 1.807) is 48.5 Å². The maximum absolute atomic E-state index is 12.0. The number of rotatable bonds is 4. The highest BCUT2D eigenvalue weighted by Gasteiger charge is 2.10. The van der Waals surface area contributed by atoms with Crippen molar-refractivity contribution in [1.29, 1.82) is 0 Å². The van der Waals surface area contributed by atoms with Crippen LogP contribution in [0.25, 0.3) is 10.9 Å². The van der Waals surface area contributed by atoms with Crippen molar-refractivity contribution in [2.75, 3.05) is 0 Å². The molecule has 1 aromatic heterocycles. The number of carbonyl (C=O) groups excluding carboxylic acids is 1. The number of hydrogen-bond donors (Lipinski definition) is 2. The molecule has 0 aliphatic rings. The lowest BCUT2D eigenvalue weighted by molar-refractivity contribution is -0.136. The van der Waals surface area contributed by atoms with E-state index in [1.165, 1.54) is 0 Å². The van der Waals surface area contributed by atoms with Crippen molar-refractivity contribution in [3.05, 3.63) is 65.9 Å². The minimum Gasteiger partial charge on any atom is -0.481 e. The van der Waals surface area contributed by atoms with Gasteiger partial charge in [0.25, 0.3) is 0 Å². The first-order chi connectivity index (χ1) is 10.6. The van der Waals surface area contributed by atoms with Crippen LogP contribution >= 0.6 is 0 Å². The van der Waals surface area contributed by atoms with Gasteiger partial charge in [0, 0.05) is 16.6 Å². The van der Waals surface area contributed by atoms with E-state index in [2.05, 4.69) is 4.98 Å². The molecule has 0 radical (unpaired) electrons. The molecule has 0 aliphatic carbocycles. The second-order valence-electron chi connectivity index (χ2n) is 4.87. The zero-order valence-electron chi connectivity index (χ0n) is 11.6. The highest BCUT2D eigenvalue weighted by atomic mass is 16.5. The molecule has 5 nitrogen and oxygen atoms in total. The molecule has 2 N–H and O–H groups in total. The largest absolute Gasteiger partial charge is 0.481 e. The SMILES string of the molecule is O=C(O)Cc1cc2cc(OC(=O)c3ccccc3)ccc2[nH]1. The van der Waals surface area contributed by atoms with Crippen LogP contribution in [0, 0.1) is 0 Å². The molecule has 5 heteroatoms. The van der Waals surface area contributed by atoms with Crippen LogP contribution in [0.2, 0.25) is 0 Å². The Morgan fingerprint density at radius 3 is 2.55 bits per heavy atom. The van der Waals surface area contributed by atoms with Crippen molar-refractivity contribution in [3.8, 4) is 5.75 Å². The molecule has 3 aromatic rings. The number of nitrogens with one attached hydrogen (secondary N) is 1. The maximum Gasteiger partial charge on any atom is 0.343 e. The zero-order valence-corrected chi connectivity index (χ0v) is 11.6. The molecular weight excluding hydrogens is 282 g/mol. The summed E-state index contributed by atoms with van der Waals surface area (Å²) in [7, 11) is 0. The number of esters is 1. The van der Waals surface area contributed by atoms with Gasteiger partial charge in [-0.15, -0.1) is 0 Å². The lowest BCUT2D eigenvalue weighted by Crippen LogP contribution is -2.07. The molecule has 3 rings (SSSR count). The van der Waals surface area contributed by atoms with Crippen LogP contribution in [0.1, 0.15) is 16.1 Å².